The Bertz CT molecular complexity index is 856. The van der Waals surface area contributed by atoms with Gasteiger partial charge >= 0.3 is 19.8 Å². The van der Waals surface area contributed by atoms with Crippen LogP contribution in [0.3, 0.4) is 0 Å². The Labute approximate surface area is 260 Å². The molecule has 0 aromatic rings. The minimum Gasteiger partial charge on any atom is -0.462 e. The molecule has 248 valence electrons. The fraction of sp³-hybridized carbons (Fsp3) is 0.697. The van der Waals surface area contributed by atoms with E-state index < -0.39 is 32.5 Å². The summed E-state index contributed by atoms with van der Waals surface area (Å²) in [5.74, 6) is -0.879. The van der Waals surface area contributed by atoms with E-state index >= 15 is 0 Å². The van der Waals surface area contributed by atoms with Gasteiger partial charge in [0.15, 0.2) is 6.10 Å². The van der Waals surface area contributed by atoms with Gasteiger partial charge in [-0.3, -0.25) is 18.6 Å². The molecule has 0 aliphatic carbocycles. The maximum Gasteiger partial charge on any atom is 0.472 e. The highest BCUT2D eigenvalue weighted by atomic mass is 31.2. The maximum atomic E-state index is 12.4. The van der Waals surface area contributed by atoms with E-state index in [1.165, 1.54) is 0 Å². The monoisotopic (exact) mass is 627 g/mol. The van der Waals surface area contributed by atoms with E-state index in [9.17, 15) is 19.0 Å². The van der Waals surface area contributed by atoms with Crippen LogP contribution in [-0.2, 0) is 32.7 Å². The maximum absolute atomic E-state index is 12.4. The molecule has 0 saturated carbocycles. The fourth-order valence-electron chi connectivity index (χ4n) is 3.86. The first kappa shape index (κ1) is 41.0. The zero-order valence-electron chi connectivity index (χ0n) is 26.7. The highest BCUT2D eigenvalue weighted by molar-refractivity contribution is 7.47. The van der Waals surface area contributed by atoms with Crippen LogP contribution in [0.15, 0.2) is 48.6 Å². The number of allylic oxidation sites excluding steroid dienone is 8. The van der Waals surface area contributed by atoms with Crippen LogP contribution in [0, 0.1) is 0 Å². The van der Waals surface area contributed by atoms with Crippen molar-refractivity contribution in [3.05, 3.63) is 48.6 Å². The van der Waals surface area contributed by atoms with Crippen LogP contribution >= 0.6 is 7.82 Å². The molecule has 2 unspecified atom stereocenters. The Morgan fingerprint density at radius 2 is 1.28 bits per heavy atom. The van der Waals surface area contributed by atoms with Gasteiger partial charge in [-0.1, -0.05) is 101 Å². The number of hydrogen-bond donors (Lipinski definition) is 2. The Morgan fingerprint density at radius 1 is 0.721 bits per heavy atom. The van der Waals surface area contributed by atoms with Crippen molar-refractivity contribution >= 4 is 19.8 Å². The van der Waals surface area contributed by atoms with E-state index in [0.29, 0.717) is 6.42 Å². The van der Waals surface area contributed by atoms with Crippen molar-refractivity contribution in [2.75, 3.05) is 26.4 Å². The van der Waals surface area contributed by atoms with E-state index in [0.717, 1.165) is 83.5 Å². The van der Waals surface area contributed by atoms with E-state index in [1.807, 2.05) is 0 Å². The van der Waals surface area contributed by atoms with Crippen LogP contribution in [0.4, 0.5) is 0 Å². The number of carbonyl (C=O) groups is 2. The van der Waals surface area contributed by atoms with E-state index in [-0.39, 0.29) is 32.6 Å². The topological polar surface area (TPSA) is 134 Å². The highest BCUT2D eigenvalue weighted by Gasteiger charge is 2.25. The van der Waals surface area contributed by atoms with Gasteiger partial charge in [-0.25, -0.2) is 4.57 Å². The van der Waals surface area contributed by atoms with Gasteiger partial charge in [0, 0.05) is 19.4 Å². The van der Waals surface area contributed by atoms with E-state index in [4.69, 9.17) is 24.3 Å². The van der Waals surface area contributed by atoms with Gasteiger partial charge in [-0.2, -0.15) is 0 Å². The summed E-state index contributed by atoms with van der Waals surface area (Å²) < 4.78 is 32.3. The average Bonchev–Trinajstić information content (AvgIpc) is 2.99. The van der Waals surface area contributed by atoms with Gasteiger partial charge < -0.3 is 20.1 Å². The Morgan fingerprint density at radius 3 is 1.88 bits per heavy atom. The van der Waals surface area contributed by atoms with Crippen LogP contribution in [0.1, 0.15) is 117 Å². The van der Waals surface area contributed by atoms with Gasteiger partial charge in [0.1, 0.15) is 6.61 Å². The molecule has 0 aromatic carbocycles. The average molecular weight is 628 g/mol. The summed E-state index contributed by atoms with van der Waals surface area (Å²) in [6.07, 6.45) is 30.4. The molecule has 10 heteroatoms. The van der Waals surface area contributed by atoms with Crippen molar-refractivity contribution in [2.24, 2.45) is 5.73 Å². The number of carbonyl (C=O) groups excluding carboxylic acids is 2. The van der Waals surface area contributed by atoms with Crippen LogP contribution in [0.25, 0.3) is 0 Å². The summed E-state index contributed by atoms with van der Waals surface area (Å²) in [6.45, 7) is 3.45. The molecule has 0 fully saturated rings. The normalized spacial score (nSPS) is 14.2. The SMILES string of the molecule is CC/C=C\C/C=C\C/C=C\C/C=C\CCCCCCC(=O)OC(COC(=O)CCCCCCC)COP(=O)(O)OCCN. The molecule has 0 spiro atoms. The first-order valence-corrected chi connectivity index (χ1v) is 17.6. The number of ether oxygens (including phenoxy) is 2. The second-order valence-corrected chi connectivity index (χ2v) is 11.8. The van der Waals surface area contributed by atoms with E-state index in [1.54, 1.807) is 0 Å². The second kappa shape index (κ2) is 30.0. The molecule has 0 saturated heterocycles. The first-order chi connectivity index (χ1) is 20.8. The first-order valence-electron chi connectivity index (χ1n) is 16.1. The molecule has 0 aliphatic rings. The van der Waals surface area contributed by atoms with Gasteiger partial charge in [0.2, 0.25) is 0 Å². The van der Waals surface area contributed by atoms with Crippen molar-refractivity contribution in [2.45, 2.75) is 123 Å². The number of unbranched alkanes of at least 4 members (excludes halogenated alkanes) is 8. The summed E-state index contributed by atoms with van der Waals surface area (Å²) >= 11 is 0. The second-order valence-electron chi connectivity index (χ2n) is 10.3. The summed E-state index contributed by atoms with van der Waals surface area (Å²) in [4.78, 5) is 34.3. The predicted molar refractivity (Wildman–Crippen MR) is 173 cm³/mol. The van der Waals surface area contributed by atoms with Crippen molar-refractivity contribution < 1.29 is 37.6 Å². The van der Waals surface area contributed by atoms with Crippen molar-refractivity contribution in [1.29, 1.82) is 0 Å². The van der Waals surface area contributed by atoms with Gasteiger partial charge in [0.25, 0.3) is 0 Å². The molecule has 0 amide bonds. The van der Waals surface area contributed by atoms with Crippen molar-refractivity contribution in [3.8, 4) is 0 Å². The third-order valence-corrected chi connectivity index (χ3v) is 7.21. The number of phosphoric ester groups is 1. The quantitative estimate of drug-likeness (QED) is 0.0366. The molecular formula is C33H58NO8P. The lowest BCUT2D eigenvalue weighted by molar-refractivity contribution is -0.161. The van der Waals surface area contributed by atoms with Crippen LogP contribution in [0.2, 0.25) is 0 Å². The molecule has 2 atom stereocenters. The zero-order chi connectivity index (χ0) is 31.9. The molecule has 3 N–H and O–H groups in total. The molecule has 0 rings (SSSR count). The molecule has 0 bridgehead atoms. The summed E-state index contributed by atoms with van der Waals surface area (Å²) in [5, 5.41) is 0. The lowest BCUT2D eigenvalue weighted by Crippen LogP contribution is -2.29. The van der Waals surface area contributed by atoms with Crippen molar-refractivity contribution in [1.82, 2.24) is 0 Å². The molecule has 9 nitrogen and oxygen atoms in total. The molecule has 0 heterocycles. The number of nitrogens with two attached hydrogens (primary N) is 1. The van der Waals surface area contributed by atoms with Gasteiger partial charge in [-0.05, 0) is 51.4 Å². The summed E-state index contributed by atoms with van der Waals surface area (Å²) in [7, 11) is -4.36. The number of rotatable bonds is 29. The minimum absolute atomic E-state index is 0.0473. The van der Waals surface area contributed by atoms with Gasteiger partial charge in [-0.15, -0.1) is 0 Å². The lowest BCUT2D eigenvalue weighted by atomic mass is 10.1. The largest absolute Gasteiger partial charge is 0.472 e. The summed E-state index contributed by atoms with van der Waals surface area (Å²) in [5.41, 5.74) is 5.29. The van der Waals surface area contributed by atoms with Crippen molar-refractivity contribution in [3.63, 3.8) is 0 Å². The standard InChI is InChI=1S/C33H58NO8P/c1-3-5-7-9-10-11-12-13-14-15-16-17-18-19-20-22-24-26-33(36)42-31(30-41-43(37,38)40-28-27-34)29-39-32(35)25-23-21-8-6-4-2/h5,7,10-11,13-14,16-17,31H,3-4,6,8-9,12,15,18-30,34H2,1-2H3,(H,37,38)/b7-5-,11-10-,14-13-,17-16-. The van der Waals surface area contributed by atoms with Crippen LogP contribution in [-0.4, -0.2) is 49.3 Å². The van der Waals surface area contributed by atoms with E-state index in [2.05, 4.69) is 62.5 Å². The molecule has 0 radical (unpaired) electrons. The molecule has 0 aromatic heterocycles. The van der Waals surface area contributed by atoms with Crippen LogP contribution < -0.4 is 5.73 Å². The van der Waals surface area contributed by atoms with Gasteiger partial charge in [0.05, 0.1) is 13.2 Å². The number of hydrogen-bond acceptors (Lipinski definition) is 8. The Balaban J connectivity index is 4.27. The number of esters is 2. The Hall–Kier alpha value is -2.03. The Kier molecular flexibility index (Phi) is 28.6. The summed E-state index contributed by atoms with van der Waals surface area (Å²) in [6, 6.07) is 0. The molecule has 0 aliphatic heterocycles. The third-order valence-electron chi connectivity index (χ3n) is 6.23. The zero-order valence-corrected chi connectivity index (χ0v) is 27.6. The minimum atomic E-state index is -4.36. The molecular weight excluding hydrogens is 569 g/mol. The predicted octanol–water partition coefficient (Wildman–Crippen LogP) is 8.04. The fourth-order valence-corrected chi connectivity index (χ4v) is 4.62. The smallest absolute Gasteiger partial charge is 0.462 e. The molecule has 43 heavy (non-hydrogen) atoms. The number of phosphoric acid groups is 1. The lowest BCUT2D eigenvalue weighted by Gasteiger charge is -2.19. The third kappa shape index (κ3) is 29.8. The van der Waals surface area contributed by atoms with Crippen LogP contribution in [0.5, 0.6) is 0 Å². The highest BCUT2D eigenvalue weighted by Crippen LogP contribution is 2.43.